The van der Waals surface area contributed by atoms with Gasteiger partial charge in [-0.25, -0.2) is 8.78 Å². The van der Waals surface area contributed by atoms with Crippen LogP contribution in [0.25, 0.3) is 0 Å². The second-order valence-electron chi connectivity index (χ2n) is 3.97. The van der Waals surface area contributed by atoms with E-state index in [0.29, 0.717) is 9.72 Å². The quantitative estimate of drug-likeness (QED) is 0.885. The zero-order valence-corrected chi connectivity index (χ0v) is 11.2. The topological polar surface area (TPSA) is 12.0 Å². The Morgan fingerprint density at radius 1 is 1.38 bits per heavy atom. The number of benzene rings is 1. The highest BCUT2D eigenvalue weighted by Gasteiger charge is 2.23. The van der Waals surface area contributed by atoms with Crippen molar-refractivity contribution < 1.29 is 8.78 Å². The monoisotopic (exact) mass is 307 g/mol. The second-order valence-corrected chi connectivity index (χ2v) is 6.35. The third-order valence-corrected chi connectivity index (χ3v) is 4.37. The maximum Gasteiger partial charge on any atom is 0.150 e. The summed E-state index contributed by atoms with van der Waals surface area (Å²) < 4.78 is 27.5. The molecule has 0 aliphatic carbocycles. The summed E-state index contributed by atoms with van der Waals surface area (Å²) in [7, 11) is 0. The molecule has 0 spiro atoms. The van der Waals surface area contributed by atoms with E-state index in [1.165, 1.54) is 12.1 Å². The minimum atomic E-state index is -0.545. The van der Waals surface area contributed by atoms with Gasteiger partial charge in [-0.15, -0.1) is 0 Å². The van der Waals surface area contributed by atoms with Gasteiger partial charge in [0.2, 0.25) is 0 Å². The molecule has 5 heteroatoms. The normalized spacial score (nSPS) is 24.8. The average molecular weight is 308 g/mol. The van der Waals surface area contributed by atoms with Crippen molar-refractivity contribution in [3.05, 3.63) is 28.2 Å². The number of rotatable bonds is 2. The van der Waals surface area contributed by atoms with Gasteiger partial charge in [-0.3, -0.25) is 0 Å². The molecule has 1 saturated heterocycles. The molecular weight excluding hydrogens is 296 g/mol. The first-order valence-corrected chi connectivity index (χ1v) is 6.93. The Morgan fingerprint density at radius 2 is 2.00 bits per heavy atom. The van der Waals surface area contributed by atoms with Crippen LogP contribution in [-0.4, -0.2) is 17.0 Å². The zero-order valence-electron chi connectivity index (χ0n) is 8.77. The summed E-state index contributed by atoms with van der Waals surface area (Å²) in [6.07, 6.45) is 0.944. The number of hydrogen-bond donors (Lipinski definition) is 1. The molecule has 0 radical (unpaired) electrons. The Morgan fingerprint density at radius 3 is 2.50 bits per heavy atom. The molecule has 1 aliphatic rings. The standard InChI is InChI=1S/C11H12BrF2NS/c1-6-2-8(5-16-6)15-11-9(13)3-7(12)4-10(11)14/h3-4,6,8,15H,2,5H2,1H3. The first-order valence-electron chi connectivity index (χ1n) is 5.09. The van der Waals surface area contributed by atoms with Crippen molar-refractivity contribution in [2.24, 2.45) is 0 Å². The van der Waals surface area contributed by atoms with Crippen LogP contribution in [0.15, 0.2) is 16.6 Å². The van der Waals surface area contributed by atoms with Crippen LogP contribution >= 0.6 is 27.7 Å². The highest BCUT2D eigenvalue weighted by molar-refractivity contribution is 9.10. The molecule has 88 valence electrons. The van der Waals surface area contributed by atoms with Crippen LogP contribution in [0.1, 0.15) is 13.3 Å². The van der Waals surface area contributed by atoms with E-state index in [0.717, 1.165) is 12.2 Å². The van der Waals surface area contributed by atoms with Gasteiger partial charge in [0, 0.05) is 21.5 Å². The lowest BCUT2D eigenvalue weighted by Crippen LogP contribution is -2.20. The molecule has 16 heavy (non-hydrogen) atoms. The summed E-state index contributed by atoms with van der Waals surface area (Å²) in [6, 6.07) is 2.71. The van der Waals surface area contributed by atoms with E-state index < -0.39 is 11.6 Å². The van der Waals surface area contributed by atoms with Gasteiger partial charge in [-0.05, 0) is 18.6 Å². The van der Waals surface area contributed by atoms with Crippen molar-refractivity contribution >= 4 is 33.4 Å². The fourth-order valence-electron chi connectivity index (χ4n) is 1.80. The van der Waals surface area contributed by atoms with Crippen molar-refractivity contribution in [3.8, 4) is 0 Å². The van der Waals surface area contributed by atoms with Crippen molar-refractivity contribution in [1.29, 1.82) is 0 Å². The third kappa shape index (κ3) is 2.69. The van der Waals surface area contributed by atoms with Crippen LogP contribution in [0.2, 0.25) is 0 Å². The first-order chi connectivity index (χ1) is 7.56. The molecule has 1 aliphatic heterocycles. The number of thioether (sulfide) groups is 1. The Hall–Kier alpha value is -0.290. The van der Waals surface area contributed by atoms with Crippen molar-refractivity contribution in [1.82, 2.24) is 0 Å². The van der Waals surface area contributed by atoms with Crippen LogP contribution in [0, 0.1) is 11.6 Å². The average Bonchev–Trinajstić information content (AvgIpc) is 2.58. The highest BCUT2D eigenvalue weighted by Crippen LogP contribution is 2.31. The molecule has 2 unspecified atom stereocenters. The number of nitrogens with one attached hydrogen (secondary N) is 1. The first kappa shape index (κ1) is 12.2. The molecular formula is C11H12BrF2NS. The van der Waals surface area contributed by atoms with Gasteiger partial charge < -0.3 is 5.32 Å². The Kier molecular flexibility index (Phi) is 3.74. The van der Waals surface area contributed by atoms with Crippen LogP contribution in [-0.2, 0) is 0 Å². The maximum atomic E-state index is 13.5. The summed E-state index contributed by atoms with van der Waals surface area (Å²) in [5, 5.41) is 3.50. The highest BCUT2D eigenvalue weighted by atomic mass is 79.9. The van der Waals surface area contributed by atoms with E-state index in [-0.39, 0.29) is 11.7 Å². The van der Waals surface area contributed by atoms with Crippen LogP contribution in [0.4, 0.5) is 14.5 Å². The van der Waals surface area contributed by atoms with Crippen molar-refractivity contribution in [2.75, 3.05) is 11.1 Å². The summed E-state index contributed by atoms with van der Waals surface area (Å²) in [5.41, 5.74) is -0.0112. The summed E-state index contributed by atoms with van der Waals surface area (Å²) in [6.45, 7) is 2.13. The van der Waals surface area contributed by atoms with E-state index in [2.05, 4.69) is 28.2 Å². The van der Waals surface area contributed by atoms with E-state index in [9.17, 15) is 8.78 Å². The SMILES string of the molecule is CC1CC(Nc2c(F)cc(Br)cc2F)CS1. The molecule has 0 aromatic heterocycles. The number of anilines is 1. The molecule has 1 N–H and O–H groups in total. The lowest BCUT2D eigenvalue weighted by molar-refractivity contribution is 0.580. The second kappa shape index (κ2) is 4.92. The fourth-order valence-corrected chi connectivity index (χ4v) is 3.35. The van der Waals surface area contributed by atoms with E-state index in [1.807, 2.05) is 11.8 Å². The molecule has 1 aromatic rings. The Labute approximate surface area is 106 Å². The Balaban J connectivity index is 2.15. The van der Waals surface area contributed by atoms with Gasteiger partial charge in [0.05, 0.1) is 0 Å². The molecule has 1 aromatic carbocycles. The molecule has 1 heterocycles. The lowest BCUT2D eigenvalue weighted by atomic mass is 10.2. The van der Waals surface area contributed by atoms with Gasteiger partial charge in [0.1, 0.15) is 17.3 Å². The number of hydrogen-bond acceptors (Lipinski definition) is 2. The van der Waals surface area contributed by atoms with Gasteiger partial charge in [0.25, 0.3) is 0 Å². The van der Waals surface area contributed by atoms with Crippen LogP contribution in [0.5, 0.6) is 0 Å². The van der Waals surface area contributed by atoms with Crippen LogP contribution in [0.3, 0.4) is 0 Å². The van der Waals surface area contributed by atoms with Crippen LogP contribution < -0.4 is 5.32 Å². The maximum absolute atomic E-state index is 13.5. The number of halogens is 3. The third-order valence-electron chi connectivity index (χ3n) is 2.55. The van der Waals surface area contributed by atoms with Gasteiger partial charge in [-0.2, -0.15) is 11.8 Å². The summed E-state index contributed by atoms with van der Waals surface area (Å²) in [5.74, 6) is -0.191. The molecule has 1 nitrogen and oxygen atoms in total. The predicted molar refractivity (Wildman–Crippen MR) is 68.0 cm³/mol. The molecule has 0 bridgehead atoms. The largest absolute Gasteiger partial charge is 0.377 e. The van der Waals surface area contributed by atoms with Gasteiger partial charge in [0.15, 0.2) is 0 Å². The fraction of sp³-hybridized carbons (Fsp3) is 0.455. The molecule has 2 rings (SSSR count). The molecule has 1 fully saturated rings. The molecule has 2 atom stereocenters. The minimum Gasteiger partial charge on any atom is -0.377 e. The van der Waals surface area contributed by atoms with Crippen molar-refractivity contribution in [2.45, 2.75) is 24.6 Å². The summed E-state index contributed by atoms with van der Waals surface area (Å²) >= 11 is 4.88. The van der Waals surface area contributed by atoms with E-state index in [1.54, 1.807) is 0 Å². The van der Waals surface area contributed by atoms with E-state index >= 15 is 0 Å². The van der Waals surface area contributed by atoms with Gasteiger partial charge >= 0.3 is 0 Å². The smallest absolute Gasteiger partial charge is 0.150 e. The van der Waals surface area contributed by atoms with E-state index in [4.69, 9.17) is 0 Å². The predicted octanol–water partition coefficient (Wildman–Crippen LogP) is 4.03. The summed E-state index contributed by atoms with van der Waals surface area (Å²) in [4.78, 5) is 0. The van der Waals surface area contributed by atoms with Crippen molar-refractivity contribution in [3.63, 3.8) is 0 Å². The van der Waals surface area contributed by atoms with Gasteiger partial charge in [-0.1, -0.05) is 22.9 Å². The molecule has 0 amide bonds. The lowest BCUT2D eigenvalue weighted by Gasteiger charge is -2.14. The zero-order chi connectivity index (χ0) is 11.7. The molecule has 0 saturated carbocycles. The minimum absolute atomic E-state index is 0.0112. The Bertz CT molecular complexity index is 377.